The average molecular weight is 333 g/mol. The molecule has 0 aliphatic heterocycles. The monoisotopic (exact) mass is 332 g/mol. The predicted molar refractivity (Wildman–Crippen MR) is 89.0 cm³/mol. The second-order valence-electron chi connectivity index (χ2n) is 5.35. The summed E-state index contributed by atoms with van der Waals surface area (Å²) in [4.78, 5) is 24.3. The number of primary amides is 1. The van der Waals surface area contributed by atoms with E-state index in [0.717, 1.165) is 16.0 Å². The van der Waals surface area contributed by atoms with E-state index in [9.17, 15) is 9.59 Å². The summed E-state index contributed by atoms with van der Waals surface area (Å²) < 4.78 is 0. The van der Waals surface area contributed by atoms with Crippen LogP contribution in [-0.2, 0) is 11.3 Å². The molecule has 0 saturated carbocycles. The van der Waals surface area contributed by atoms with Gasteiger partial charge in [0.1, 0.15) is 6.54 Å². The number of imide groups is 1. The number of urea groups is 1. The molecule has 1 unspecified atom stereocenters. The van der Waals surface area contributed by atoms with Crippen LogP contribution >= 0.6 is 11.6 Å². The Balaban J connectivity index is 2.23. The Morgan fingerprint density at radius 3 is 2.30 bits per heavy atom. The van der Waals surface area contributed by atoms with Gasteiger partial charge in [-0.3, -0.25) is 10.1 Å². The topological polar surface area (TPSA) is 76.6 Å². The Labute approximate surface area is 140 Å². The van der Waals surface area contributed by atoms with E-state index in [1.807, 2.05) is 61.6 Å². The van der Waals surface area contributed by atoms with E-state index in [0.29, 0.717) is 11.6 Å². The number of nitrogens with one attached hydrogen (secondary N) is 2. The highest BCUT2D eigenvalue weighted by Crippen LogP contribution is 2.12. The van der Waals surface area contributed by atoms with Gasteiger partial charge in [0, 0.05) is 16.1 Å². The molecule has 0 fully saturated rings. The van der Waals surface area contributed by atoms with Gasteiger partial charge in [0.25, 0.3) is 5.91 Å². The zero-order chi connectivity index (χ0) is 16.8. The summed E-state index contributed by atoms with van der Waals surface area (Å²) in [5, 5.41) is 2.84. The van der Waals surface area contributed by atoms with E-state index in [-0.39, 0.29) is 0 Å². The van der Waals surface area contributed by atoms with Crippen LogP contribution in [0.1, 0.15) is 17.2 Å². The number of amides is 3. The SMILES string of the molecule is C[NH+](Cc1ccc(Cl)cc1)[C@H](C(=O)NC(N)=O)c1ccccc1. The number of benzene rings is 2. The summed E-state index contributed by atoms with van der Waals surface area (Å²) in [6.07, 6.45) is 0. The van der Waals surface area contributed by atoms with Crippen molar-refractivity contribution in [1.82, 2.24) is 5.32 Å². The summed E-state index contributed by atoms with van der Waals surface area (Å²) in [5.74, 6) is -0.421. The molecule has 0 aliphatic rings. The van der Waals surface area contributed by atoms with Crippen LogP contribution in [0, 0.1) is 0 Å². The first-order valence-electron chi connectivity index (χ1n) is 7.19. The Morgan fingerprint density at radius 1 is 1.13 bits per heavy atom. The third-order valence-electron chi connectivity index (χ3n) is 3.53. The van der Waals surface area contributed by atoms with Crippen molar-refractivity contribution in [3.8, 4) is 0 Å². The minimum Gasteiger partial charge on any atom is -0.351 e. The van der Waals surface area contributed by atoms with Crippen molar-refractivity contribution in [1.29, 1.82) is 0 Å². The lowest BCUT2D eigenvalue weighted by atomic mass is 10.0. The molecule has 0 aliphatic carbocycles. The highest BCUT2D eigenvalue weighted by molar-refractivity contribution is 6.30. The van der Waals surface area contributed by atoms with Crippen molar-refractivity contribution < 1.29 is 14.5 Å². The molecule has 0 heterocycles. The molecule has 3 amide bonds. The largest absolute Gasteiger partial charge is 0.351 e. The minimum atomic E-state index is -0.852. The molecular formula is C17H19ClN3O2+. The molecule has 5 nitrogen and oxygen atoms in total. The fraction of sp³-hybridized carbons (Fsp3) is 0.176. The third-order valence-corrected chi connectivity index (χ3v) is 3.78. The Morgan fingerprint density at radius 2 is 1.74 bits per heavy atom. The summed E-state index contributed by atoms with van der Waals surface area (Å²) in [7, 11) is 1.90. The van der Waals surface area contributed by atoms with E-state index in [4.69, 9.17) is 17.3 Å². The highest BCUT2D eigenvalue weighted by atomic mass is 35.5. The van der Waals surface area contributed by atoms with E-state index in [1.54, 1.807) is 0 Å². The van der Waals surface area contributed by atoms with Crippen LogP contribution in [0.2, 0.25) is 5.02 Å². The molecule has 0 bridgehead atoms. The second kappa shape index (κ2) is 7.76. The molecular weight excluding hydrogens is 314 g/mol. The van der Waals surface area contributed by atoms with Gasteiger partial charge in [0.05, 0.1) is 7.05 Å². The van der Waals surface area contributed by atoms with Gasteiger partial charge in [-0.05, 0) is 12.1 Å². The fourth-order valence-corrected chi connectivity index (χ4v) is 2.65. The first-order chi connectivity index (χ1) is 11.0. The smallest absolute Gasteiger partial charge is 0.319 e. The number of hydrogen-bond donors (Lipinski definition) is 3. The summed E-state index contributed by atoms with van der Waals surface area (Å²) >= 11 is 5.89. The van der Waals surface area contributed by atoms with Gasteiger partial charge in [-0.25, -0.2) is 4.79 Å². The molecule has 0 spiro atoms. The molecule has 2 aromatic carbocycles. The zero-order valence-corrected chi connectivity index (χ0v) is 13.5. The zero-order valence-electron chi connectivity index (χ0n) is 12.8. The van der Waals surface area contributed by atoms with Crippen LogP contribution in [-0.4, -0.2) is 19.0 Å². The van der Waals surface area contributed by atoms with Crippen molar-refractivity contribution >= 4 is 23.5 Å². The first-order valence-corrected chi connectivity index (χ1v) is 7.57. The summed E-state index contributed by atoms with van der Waals surface area (Å²) in [5.41, 5.74) is 6.94. The standard InChI is InChI=1S/C17H18ClN3O2/c1-21(11-12-7-9-14(18)10-8-12)15(16(22)20-17(19)23)13-5-3-2-4-6-13/h2-10,15H,11H2,1H3,(H3,19,20,22,23)/p+1/t15-/m0/s1. The van der Waals surface area contributed by atoms with Crippen LogP contribution in [0.3, 0.4) is 0 Å². The lowest BCUT2D eigenvalue weighted by Gasteiger charge is -2.24. The average Bonchev–Trinajstić information content (AvgIpc) is 2.50. The molecule has 4 N–H and O–H groups in total. The highest BCUT2D eigenvalue weighted by Gasteiger charge is 2.29. The fourth-order valence-electron chi connectivity index (χ4n) is 2.53. The van der Waals surface area contributed by atoms with Gasteiger partial charge in [-0.15, -0.1) is 0 Å². The number of rotatable bonds is 5. The Bertz CT molecular complexity index is 674. The first kappa shape index (κ1) is 17.0. The van der Waals surface area contributed by atoms with Gasteiger partial charge in [0.15, 0.2) is 6.04 Å². The lowest BCUT2D eigenvalue weighted by molar-refractivity contribution is -0.916. The van der Waals surface area contributed by atoms with Gasteiger partial charge < -0.3 is 10.6 Å². The molecule has 23 heavy (non-hydrogen) atoms. The number of carbonyl (C=O) groups excluding carboxylic acids is 2. The molecule has 2 rings (SSSR count). The van der Waals surface area contributed by atoms with E-state index >= 15 is 0 Å². The van der Waals surface area contributed by atoms with Crippen molar-refractivity contribution in [2.45, 2.75) is 12.6 Å². The molecule has 120 valence electrons. The Kier molecular flexibility index (Phi) is 5.73. The molecule has 6 heteroatoms. The predicted octanol–water partition coefficient (Wildman–Crippen LogP) is 1.29. The van der Waals surface area contributed by atoms with Crippen LogP contribution in [0.25, 0.3) is 0 Å². The van der Waals surface area contributed by atoms with Crippen LogP contribution in [0.5, 0.6) is 0 Å². The molecule has 0 radical (unpaired) electrons. The van der Waals surface area contributed by atoms with E-state index < -0.39 is 18.0 Å². The van der Waals surface area contributed by atoms with Crippen LogP contribution in [0.15, 0.2) is 54.6 Å². The van der Waals surface area contributed by atoms with Crippen LogP contribution < -0.4 is 16.0 Å². The molecule has 2 atom stereocenters. The second-order valence-corrected chi connectivity index (χ2v) is 5.78. The number of hydrogen-bond acceptors (Lipinski definition) is 2. The normalized spacial score (nSPS) is 13.1. The maximum atomic E-state index is 12.4. The van der Waals surface area contributed by atoms with Gasteiger partial charge in [-0.2, -0.15) is 0 Å². The van der Waals surface area contributed by atoms with E-state index in [1.165, 1.54) is 0 Å². The van der Waals surface area contributed by atoms with Crippen molar-refractivity contribution in [2.75, 3.05) is 7.05 Å². The number of halogens is 1. The third kappa shape index (κ3) is 4.81. The minimum absolute atomic E-state index is 0.421. The molecule has 0 saturated heterocycles. The van der Waals surface area contributed by atoms with Crippen molar-refractivity contribution in [2.24, 2.45) is 5.73 Å². The maximum absolute atomic E-state index is 12.4. The van der Waals surface area contributed by atoms with Crippen molar-refractivity contribution in [3.05, 3.63) is 70.7 Å². The van der Waals surface area contributed by atoms with Gasteiger partial charge >= 0.3 is 6.03 Å². The lowest BCUT2D eigenvalue weighted by Crippen LogP contribution is -3.09. The number of nitrogens with two attached hydrogens (primary N) is 1. The Hall–Kier alpha value is -2.37. The number of carbonyl (C=O) groups is 2. The van der Waals surface area contributed by atoms with Gasteiger partial charge in [0.2, 0.25) is 0 Å². The summed E-state index contributed by atoms with van der Waals surface area (Å²) in [6.45, 7) is 0.600. The maximum Gasteiger partial charge on any atom is 0.319 e. The number of likely N-dealkylation sites (N-methyl/N-ethyl adjacent to an activating group) is 1. The quantitative estimate of drug-likeness (QED) is 0.771. The van der Waals surface area contributed by atoms with Crippen molar-refractivity contribution in [3.63, 3.8) is 0 Å². The molecule has 0 aromatic heterocycles. The van der Waals surface area contributed by atoms with Crippen LogP contribution in [0.4, 0.5) is 4.79 Å². The number of quaternary nitrogens is 1. The summed E-state index contributed by atoms with van der Waals surface area (Å²) in [6, 6.07) is 15.4. The van der Waals surface area contributed by atoms with E-state index in [2.05, 4.69) is 5.32 Å². The van der Waals surface area contributed by atoms with Gasteiger partial charge in [-0.1, -0.05) is 54.1 Å². The molecule has 2 aromatic rings.